The fourth-order valence-electron chi connectivity index (χ4n) is 2.29. The van der Waals surface area contributed by atoms with Crippen molar-refractivity contribution in [3.05, 3.63) is 40.3 Å². The lowest BCUT2D eigenvalue weighted by atomic mass is 10.1. The largest absolute Gasteiger partial charge is 0.345 e. The summed E-state index contributed by atoms with van der Waals surface area (Å²) in [5.74, 6) is 1.06. The predicted molar refractivity (Wildman–Crippen MR) is 76.4 cm³/mol. The van der Waals surface area contributed by atoms with Crippen LogP contribution in [0.2, 0.25) is 0 Å². The Morgan fingerprint density at radius 3 is 2.56 bits per heavy atom. The van der Waals surface area contributed by atoms with Crippen LogP contribution >= 0.6 is 15.9 Å². The van der Waals surface area contributed by atoms with Crippen molar-refractivity contribution in [3.63, 3.8) is 0 Å². The van der Waals surface area contributed by atoms with Gasteiger partial charge in [-0.3, -0.25) is 0 Å². The van der Waals surface area contributed by atoms with Crippen molar-refractivity contribution in [2.75, 3.05) is 6.54 Å². The fraction of sp³-hybridized carbons (Fsp3) is 0.357. The first kappa shape index (κ1) is 11.9. The summed E-state index contributed by atoms with van der Waals surface area (Å²) in [7, 11) is 0. The van der Waals surface area contributed by atoms with Crippen molar-refractivity contribution < 1.29 is 0 Å². The molecule has 1 heterocycles. The van der Waals surface area contributed by atoms with Crippen molar-refractivity contribution in [1.29, 1.82) is 0 Å². The standard InChI is InChI=1S/C14H16BrN3/c1-9-12(10-2-4-11(15)5-3-10)18-13(17-9)14(8-16)6-7-14/h2-5H,6-8,16H2,1H3,(H,17,18). The normalized spacial score (nSPS) is 16.8. The lowest BCUT2D eigenvalue weighted by molar-refractivity contribution is 0.658. The predicted octanol–water partition coefficient (Wildman–Crippen LogP) is 3.14. The highest BCUT2D eigenvalue weighted by Crippen LogP contribution is 2.46. The molecule has 1 aromatic carbocycles. The number of aromatic amines is 1. The maximum absolute atomic E-state index is 5.85. The van der Waals surface area contributed by atoms with Crippen LogP contribution in [0.3, 0.4) is 0 Å². The van der Waals surface area contributed by atoms with Crippen molar-refractivity contribution in [2.45, 2.75) is 25.2 Å². The number of nitrogens with two attached hydrogens (primary N) is 1. The lowest BCUT2D eigenvalue weighted by Crippen LogP contribution is -2.21. The van der Waals surface area contributed by atoms with E-state index in [-0.39, 0.29) is 5.41 Å². The highest BCUT2D eigenvalue weighted by atomic mass is 79.9. The van der Waals surface area contributed by atoms with Crippen LogP contribution < -0.4 is 5.73 Å². The second-order valence-corrected chi connectivity index (χ2v) is 5.97. The number of imidazole rings is 1. The van der Waals surface area contributed by atoms with Crippen molar-refractivity contribution in [3.8, 4) is 11.3 Å². The van der Waals surface area contributed by atoms with Gasteiger partial charge in [-0.1, -0.05) is 28.1 Å². The molecule has 1 aliphatic carbocycles. The molecular formula is C14H16BrN3. The second-order valence-electron chi connectivity index (χ2n) is 5.05. The van der Waals surface area contributed by atoms with Gasteiger partial charge in [-0.05, 0) is 31.9 Å². The number of hydrogen-bond donors (Lipinski definition) is 2. The van der Waals surface area contributed by atoms with E-state index in [1.165, 1.54) is 0 Å². The molecule has 4 heteroatoms. The smallest absolute Gasteiger partial charge is 0.114 e. The number of hydrogen-bond acceptors (Lipinski definition) is 2. The van der Waals surface area contributed by atoms with Gasteiger partial charge < -0.3 is 10.7 Å². The van der Waals surface area contributed by atoms with E-state index < -0.39 is 0 Å². The minimum Gasteiger partial charge on any atom is -0.345 e. The molecule has 0 radical (unpaired) electrons. The number of halogens is 1. The molecule has 3 rings (SSSR count). The van der Waals surface area contributed by atoms with Gasteiger partial charge in [0.2, 0.25) is 0 Å². The van der Waals surface area contributed by atoms with Gasteiger partial charge in [-0.15, -0.1) is 0 Å². The van der Waals surface area contributed by atoms with Crippen molar-refractivity contribution >= 4 is 15.9 Å². The van der Waals surface area contributed by atoms with Crippen molar-refractivity contribution in [2.24, 2.45) is 5.73 Å². The van der Waals surface area contributed by atoms with Crippen LogP contribution in [-0.4, -0.2) is 16.5 Å². The summed E-state index contributed by atoms with van der Waals surface area (Å²) in [6.07, 6.45) is 2.30. The molecule has 94 valence electrons. The van der Waals surface area contributed by atoms with Gasteiger partial charge >= 0.3 is 0 Å². The molecule has 0 bridgehead atoms. The first-order valence-electron chi connectivity index (χ1n) is 6.18. The first-order valence-corrected chi connectivity index (χ1v) is 6.97. The summed E-state index contributed by atoms with van der Waals surface area (Å²) in [5.41, 5.74) is 9.28. The Labute approximate surface area is 115 Å². The van der Waals surface area contributed by atoms with E-state index in [1.54, 1.807) is 0 Å². The number of rotatable bonds is 3. The molecule has 1 saturated carbocycles. The Morgan fingerprint density at radius 2 is 2.00 bits per heavy atom. The molecule has 1 aromatic heterocycles. The zero-order valence-electron chi connectivity index (χ0n) is 10.3. The number of nitrogens with zero attached hydrogens (tertiary/aromatic N) is 1. The molecule has 1 fully saturated rings. The average Bonchev–Trinajstić information content (AvgIpc) is 3.08. The molecule has 0 aliphatic heterocycles. The Hall–Kier alpha value is -1.13. The summed E-state index contributed by atoms with van der Waals surface area (Å²) in [6, 6.07) is 8.25. The van der Waals surface area contributed by atoms with Gasteiger partial charge in [-0.2, -0.15) is 0 Å². The molecule has 0 saturated heterocycles. The molecule has 0 spiro atoms. The third-order valence-electron chi connectivity index (χ3n) is 3.75. The number of H-pyrrole nitrogens is 1. The van der Waals surface area contributed by atoms with E-state index in [0.29, 0.717) is 6.54 Å². The van der Waals surface area contributed by atoms with E-state index >= 15 is 0 Å². The Morgan fingerprint density at radius 1 is 1.33 bits per heavy atom. The summed E-state index contributed by atoms with van der Waals surface area (Å²) >= 11 is 3.45. The average molecular weight is 306 g/mol. The van der Waals surface area contributed by atoms with Crippen LogP contribution in [0.5, 0.6) is 0 Å². The fourth-order valence-corrected chi connectivity index (χ4v) is 2.55. The Kier molecular flexibility index (Phi) is 2.79. The number of aromatic nitrogens is 2. The maximum atomic E-state index is 5.85. The van der Waals surface area contributed by atoms with Crippen LogP contribution in [0.15, 0.2) is 28.7 Å². The topological polar surface area (TPSA) is 54.7 Å². The Bertz CT molecular complexity index is 567. The third-order valence-corrected chi connectivity index (χ3v) is 4.28. The van der Waals surface area contributed by atoms with E-state index in [0.717, 1.165) is 40.1 Å². The van der Waals surface area contributed by atoms with Crippen molar-refractivity contribution in [1.82, 2.24) is 9.97 Å². The maximum Gasteiger partial charge on any atom is 0.114 e. The third kappa shape index (κ3) is 1.89. The van der Waals surface area contributed by atoms with Crippen LogP contribution in [0.4, 0.5) is 0 Å². The molecule has 0 unspecified atom stereocenters. The quantitative estimate of drug-likeness (QED) is 0.915. The number of benzene rings is 1. The molecular weight excluding hydrogens is 290 g/mol. The highest BCUT2D eigenvalue weighted by molar-refractivity contribution is 9.10. The van der Waals surface area contributed by atoms with Gasteiger partial charge in [0.05, 0.1) is 5.69 Å². The highest BCUT2D eigenvalue weighted by Gasteiger charge is 2.45. The van der Waals surface area contributed by atoms with Gasteiger partial charge in [-0.25, -0.2) is 4.98 Å². The van der Waals surface area contributed by atoms with E-state index in [9.17, 15) is 0 Å². The molecule has 3 nitrogen and oxygen atoms in total. The molecule has 2 aromatic rings. The summed E-state index contributed by atoms with van der Waals surface area (Å²) < 4.78 is 1.08. The summed E-state index contributed by atoms with van der Waals surface area (Å²) in [5, 5.41) is 0. The van der Waals surface area contributed by atoms with Crippen LogP contribution in [0, 0.1) is 6.92 Å². The summed E-state index contributed by atoms with van der Waals surface area (Å²) in [4.78, 5) is 8.17. The zero-order valence-corrected chi connectivity index (χ0v) is 11.9. The van der Waals surface area contributed by atoms with E-state index in [4.69, 9.17) is 10.7 Å². The van der Waals surface area contributed by atoms with E-state index in [1.807, 2.05) is 12.1 Å². The monoisotopic (exact) mass is 305 g/mol. The zero-order chi connectivity index (χ0) is 12.8. The minimum atomic E-state index is 0.123. The van der Waals surface area contributed by atoms with Crippen LogP contribution in [0.1, 0.15) is 24.4 Å². The van der Waals surface area contributed by atoms with Crippen LogP contribution in [0.25, 0.3) is 11.3 Å². The van der Waals surface area contributed by atoms with Crippen LogP contribution in [-0.2, 0) is 5.41 Å². The summed E-state index contributed by atoms with van der Waals surface area (Å²) in [6.45, 7) is 2.75. The second kappa shape index (κ2) is 4.21. The van der Waals surface area contributed by atoms with E-state index in [2.05, 4.69) is 40.0 Å². The SMILES string of the molecule is Cc1[nH]c(C2(CN)CC2)nc1-c1ccc(Br)cc1. The Balaban J connectivity index is 2.00. The molecule has 0 amide bonds. The van der Waals surface area contributed by atoms with Gasteiger partial charge in [0.1, 0.15) is 5.82 Å². The minimum absolute atomic E-state index is 0.123. The van der Waals surface area contributed by atoms with Gasteiger partial charge in [0.25, 0.3) is 0 Å². The number of nitrogens with one attached hydrogen (secondary N) is 1. The van der Waals surface area contributed by atoms with Gasteiger partial charge in [0, 0.05) is 27.7 Å². The molecule has 3 N–H and O–H groups in total. The molecule has 1 aliphatic rings. The molecule has 0 atom stereocenters. The first-order chi connectivity index (χ1) is 8.64. The lowest BCUT2D eigenvalue weighted by Gasteiger charge is -2.07. The van der Waals surface area contributed by atoms with Gasteiger partial charge in [0.15, 0.2) is 0 Å². The number of aryl methyl sites for hydroxylation is 1. The molecule has 18 heavy (non-hydrogen) atoms.